The van der Waals surface area contributed by atoms with Gasteiger partial charge in [-0.15, -0.1) is 0 Å². The zero-order valence-corrected chi connectivity index (χ0v) is 9.03. The van der Waals surface area contributed by atoms with E-state index >= 15 is 0 Å². The molecule has 16 heavy (non-hydrogen) atoms. The molecule has 3 N–H and O–H groups in total. The van der Waals surface area contributed by atoms with Crippen LogP contribution in [0.25, 0.3) is 10.9 Å². The third-order valence-electron chi connectivity index (χ3n) is 2.88. The fourth-order valence-corrected chi connectivity index (χ4v) is 1.91. The Bertz CT molecular complexity index is 555. The molecule has 4 nitrogen and oxygen atoms in total. The highest BCUT2D eigenvalue weighted by Crippen LogP contribution is 2.40. The van der Waals surface area contributed by atoms with Gasteiger partial charge in [-0.25, -0.2) is 0 Å². The molecule has 0 spiro atoms. The highest BCUT2D eigenvalue weighted by molar-refractivity contribution is 5.91. The highest BCUT2D eigenvalue weighted by Gasteiger charge is 2.34. The summed E-state index contributed by atoms with van der Waals surface area (Å²) < 4.78 is 5.78. The Labute approximate surface area is 93.4 Å². The number of hydrogen-bond acceptors (Lipinski definition) is 4. The van der Waals surface area contributed by atoms with Gasteiger partial charge in [-0.1, -0.05) is 19.1 Å². The Balaban J connectivity index is 2.21. The van der Waals surface area contributed by atoms with Gasteiger partial charge in [-0.3, -0.25) is 10.7 Å². The summed E-state index contributed by atoms with van der Waals surface area (Å²) in [6.45, 7) is 1.98. The second-order valence-electron chi connectivity index (χ2n) is 3.99. The van der Waals surface area contributed by atoms with Crippen LogP contribution in [0.5, 0.6) is 5.75 Å². The van der Waals surface area contributed by atoms with Crippen molar-refractivity contribution in [2.45, 2.75) is 19.2 Å². The minimum absolute atomic E-state index is 0.690. The van der Waals surface area contributed by atoms with Crippen molar-refractivity contribution in [1.82, 2.24) is 4.98 Å². The van der Waals surface area contributed by atoms with Gasteiger partial charge >= 0.3 is 0 Å². The van der Waals surface area contributed by atoms with Gasteiger partial charge in [0.15, 0.2) is 5.75 Å². The third-order valence-corrected chi connectivity index (χ3v) is 2.88. The minimum Gasteiger partial charge on any atom is -0.452 e. The number of ether oxygens (including phenoxy) is 1. The SMILES string of the molecule is CCC1(N)Nc2cnc3ccccc3c2O1. The van der Waals surface area contributed by atoms with E-state index in [0.29, 0.717) is 6.42 Å². The lowest BCUT2D eigenvalue weighted by molar-refractivity contribution is 0.123. The Morgan fingerprint density at radius 1 is 1.44 bits per heavy atom. The molecule has 4 heteroatoms. The summed E-state index contributed by atoms with van der Waals surface area (Å²) in [5, 5.41) is 4.14. The smallest absolute Gasteiger partial charge is 0.235 e. The molecular weight excluding hydrogens is 202 g/mol. The van der Waals surface area contributed by atoms with Crippen LogP contribution >= 0.6 is 0 Å². The van der Waals surface area contributed by atoms with Crippen LogP contribution in [0.3, 0.4) is 0 Å². The summed E-state index contributed by atoms with van der Waals surface area (Å²) >= 11 is 0. The molecule has 2 aromatic rings. The van der Waals surface area contributed by atoms with Crippen molar-refractivity contribution < 1.29 is 4.74 Å². The normalized spacial score (nSPS) is 22.6. The maximum Gasteiger partial charge on any atom is 0.235 e. The van der Waals surface area contributed by atoms with E-state index in [2.05, 4.69) is 10.3 Å². The number of para-hydroxylation sites is 1. The zero-order valence-electron chi connectivity index (χ0n) is 9.03. The molecule has 1 unspecified atom stereocenters. The van der Waals surface area contributed by atoms with Gasteiger partial charge in [0.25, 0.3) is 0 Å². The predicted octanol–water partition coefficient (Wildman–Crippen LogP) is 2.06. The topological polar surface area (TPSA) is 60.2 Å². The Kier molecular flexibility index (Phi) is 1.82. The van der Waals surface area contributed by atoms with Gasteiger partial charge in [0.2, 0.25) is 5.85 Å². The fraction of sp³-hybridized carbons (Fsp3) is 0.250. The van der Waals surface area contributed by atoms with E-state index in [4.69, 9.17) is 10.5 Å². The van der Waals surface area contributed by atoms with Crippen LogP contribution in [0.2, 0.25) is 0 Å². The van der Waals surface area contributed by atoms with Crippen molar-refractivity contribution in [2.24, 2.45) is 5.73 Å². The molecule has 3 rings (SSSR count). The van der Waals surface area contributed by atoms with Gasteiger partial charge in [0.1, 0.15) is 5.69 Å². The first-order chi connectivity index (χ1) is 7.72. The Morgan fingerprint density at radius 2 is 2.25 bits per heavy atom. The first kappa shape index (κ1) is 9.42. The molecule has 0 fully saturated rings. The minimum atomic E-state index is -0.797. The first-order valence-electron chi connectivity index (χ1n) is 5.36. The van der Waals surface area contributed by atoms with E-state index in [1.807, 2.05) is 31.2 Å². The van der Waals surface area contributed by atoms with Gasteiger partial charge in [0.05, 0.1) is 11.7 Å². The average Bonchev–Trinajstić information content (AvgIpc) is 2.67. The molecule has 0 aliphatic carbocycles. The second kappa shape index (κ2) is 3.09. The summed E-state index contributed by atoms with van der Waals surface area (Å²) in [5.74, 6) is 0.00340. The lowest BCUT2D eigenvalue weighted by atomic mass is 10.2. The Hall–Kier alpha value is -1.81. The van der Waals surface area contributed by atoms with Crippen LogP contribution < -0.4 is 15.8 Å². The molecule has 1 aliphatic rings. The lowest BCUT2D eigenvalue weighted by Crippen LogP contribution is -2.48. The van der Waals surface area contributed by atoms with Crippen LogP contribution in [0.1, 0.15) is 13.3 Å². The summed E-state index contributed by atoms with van der Waals surface area (Å²) in [4.78, 5) is 4.35. The van der Waals surface area contributed by atoms with Crippen LogP contribution in [-0.4, -0.2) is 10.8 Å². The third kappa shape index (κ3) is 1.23. The summed E-state index contributed by atoms with van der Waals surface area (Å²) in [6, 6.07) is 7.88. The summed E-state index contributed by atoms with van der Waals surface area (Å²) in [6.07, 6.45) is 2.46. The zero-order chi connectivity index (χ0) is 11.2. The molecule has 1 aromatic heterocycles. The molecule has 1 atom stereocenters. The molecular formula is C12H13N3O. The molecule has 2 heterocycles. The molecule has 0 saturated carbocycles. The predicted molar refractivity (Wildman–Crippen MR) is 63.2 cm³/mol. The standard InChI is InChI=1S/C12H13N3O/c1-2-12(13)15-10-7-14-9-6-4-3-5-8(9)11(10)16-12/h3-7,15H,2,13H2,1H3. The summed E-state index contributed by atoms with van der Waals surface area (Å²) in [5.41, 5.74) is 7.82. The van der Waals surface area contributed by atoms with E-state index in [-0.39, 0.29) is 0 Å². The monoisotopic (exact) mass is 215 g/mol. The van der Waals surface area contributed by atoms with Crippen LogP contribution in [0, 0.1) is 0 Å². The molecule has 0 saturated heterocycles. The number of aromatic nitrogens is 1. The van der Waals surface area contributed by atoms with E-state index < -0.39 is 5.85 Å². The van der Waals surface area contributed by atoms with Crippen molar-refractivity contribution in [3.8, 4) is 5.75 Å². The number of benzene rings is 1. The van der Waals surface area contributed by atoms with Gasteiger partial charge in [-0.05, 0) is 12.1 Å². The number of nitrogens with zero attached hydrogens (tertiary/aromatic N) is 1. The molecule has 0 bridgehead atoms. The van der Waals surface area contributed by atoms with Gasteiger partial charge < -0.3 is 10.1 Å². The van der Waals surface area contributed by atoms with E-state index in [0.717, 1.165) is 22.3 Å². The molecule has 0 amide bonds. The molecule has 82 valence electrons. The fourth-order valence-electron chi connectivity index (χ4n) is 1.91. The lowest BCUT2D eigenvalue weighted by Gasteiger charge is -2.21. The number of nitrogens with one attached hydrogen (secondary N) is 1. The largest absolute Gasteiger partial charge is 0.452 e. The number of hydrogen-bond donors (Lipinski definition) is 2. The van der Waals surface area contributed by atoms with Crippen molar-refractivity contribution in [3.05, 3.63) is 30.5 Å². The Morgan fingerprint density at radius 3 is 3.06 bits per heavy atom. The highest BCUT2D eigenvalue weighted by atomic mass is 16.5. The average molecular weight is 215 g/mol. The second-order valence-corrected chi connectivity index (χ2v) is 3.99. The number of anilines is 1. The molecule has 0 radical (unpaired) electrons. The first-order valence-corrected chi connectivity index (χ1v) is 5.36. The van der Waals surface area contributed by atoms with Crippen LogP contribution in [0.15, 0.2) is 30.5 Å². The maximum absolute atomic E-state index is 6.04. The van der Waals surface area contributed by atoms with Crippen LogP contribution in [-0.2, 0) is 0 Å². The number of nitrogens with two attached hydrogens (primary N) is 1. The number of fused-ring (bicyclic) bond motifs is 3. The van der Waals surface area contributed by atoms with E-state index in [1.165, 1.54) is 0 Å². The quantitative estimate of drug-likeness (QED) is 0.764. The van der Waals surface area contributed by atoms with Crippen LogP contribution in [0.4, 0.5) is 5.69 Å². The van der Waals surface area contributed by atoms with Crippen molar-refractivity contribution in [3.63, 3.8) is 0 Å². The van der Waals surface area contributed by atoms with Crippen molar-refractivity contribution in [1.29, 1.82) is 0 Å². The van der Waals surface area contributed by atoms with E-state index in [9.17, 15) is 0 Å². The number of rotatable bonds is 1. The van der Waals surface area contributed by atoms with E-state index in [1.54, 1.807) is 6.20 Å². The van der Waals surface area contributed by atoms with Crippen molar-refractivity contribution >= 4 is 16.6 Å². The van der Waals surface area contributed by atoms with Gasteiger partial charge in [0, 0.05) is 11.8 Å². The van der Waals surface area contributed by atoms with Gasteiger partial charge in [-0.2, -0.15) is 0 Å². The van der Waals surface area contributed by atoms with Crippen molar-refractivity contribution in [2.75, 3.05) is 5.32 Å². The number of pyridine rings is 1. The molecule has 1 aromatic carbocycles. The summed E-state index contributed by atoms with van der Waals surface area (Å²) in [7, 11) is 0. The maximum atomic E-state index is 6.04. The molecule has 1 aliphatic heterocycles.